The lowest BCUT2D eigenvalue weighted by atomic mass is 10.2. The molecule has 1 amide bonds. The van der Waals surface area contributed by atoms with Gasteiger partial charge in [0.1, 0.15) is 12.1 Å². The molecule has 1 aromatic rings. The molecule has 1 fully saturated rings. The lowest BCUT2D eigenvalue weighted by Crippen LogP contribution is -2.48. The van der Waals surface area contributed by atoms with E-state index in [1.165, 1.54) is 16.7 Å². The zero-order chi connectivity index (χ0) is 15.4. The number of carboxylic acid groups (broad SMARTS) is 1. The molecule has 114 valence electrons. The van der Waals surface area contributed by atoms with Crippen LogP contribution in [-0.2, 0) is 20.9 Å². The summed E-state index contributed by atoms with van der Waals surface area (Å²) < 4.78 is 5.59. The molecule has 1 aromatic carbocycles. The van der Waals surface area contributed by atoms with E-state index in [1.54, 1.807) is 6.92 Å². The SMILES string of the molecule is CC(OCc1ccccc1)C(=O)N1C(C)SCC1C(=O)O. The van der Waals surface area contributed by atoms with Crippen LogP contribution in [0.2, 0.25) is 0 Å². The number of hydrogen-bond donors (Lipinski definition) is 1. The largest absolute Gasteiger partial charge is 0.480 e. The summed E-state index contributed by atoms with van der Waals surface area (Å²) in [5.74, 6) is -0.806. The number of rotatable bonds is 5. The van der Waals surface area contributed by atoms with Crippen LogP contribution in [0.25, 0.3) is 0 Å². The maximum atomic E-state index is 12.4. The topological polar surface area (TPSA) is 66.8 Å². The van der Waals surface area contributed by atoms with E-state index in [0.29, 0.717) is 12.4 Å². The Labute approximate surface area is 128 Å². The molecule has 3 unspecified atom stereocenters. The second kappa shape index (κ2) is 6.95. The smallest absolute Gasteiger partial charge is 0.327 e. The molecular formula is C15H19NO4S. The summed E-state index contributed by atoms with van der Waals surface area (Å²) >= 11 is 1.47. The number of thioether (sulfide) groups is 1. The first-order valence-electron chi connectivity index (χ1n) is 6.83. The van der Waals surface area contributed by atoms with E-state index in [9.17, 15) is 14.7 Å². The van der Waals surface area contributed by atoms with Gasteiger partial charge in [0.25, 0.3) is 5.91 Å². The van der Waals surface area contributed by atoms with Gasteiger partial charge in [-0.2, -0.15) is 0 Å². The number of nitrogens with zero attached hydrogens (tertiary/aromatic N) is 1. The number of carboxylic acids is 1. The van der Waals surface area contributed by atoms with E-state index in [2.05, 4.69) is 0 Å². The molecule has 1 saturated heterocycles. The lowest BCUT2D eigenvalue weighted by molar-refractivity contribution is -0.154. The molecule has 6 heteroatoms. The summed E-state index contributed by atoms with van der Waals surface area (Å²) in [4.78, 5) is 25.1. The average Bonchev–Trinajstić information content (AvgIpc) is 2.87. The molecule has 1 aliphatic heterocycles. The second-order valence-corrected chi connectivity index (χ2v) is 6.32. The summed E-state index contributed by atoms with van der Waals surface area (Å²) in [6.07, 6.45) is -0.659. The second-order valence-electron chi connectivity index (χ2n) is 4.97. The summed E-state index contributed by atoms with van der Waals surface area (Å²) in [5.41, 5.74) is 0.982. The highest BCUT2D eigenvalue weighted by molar-refractivity contribution is 8.00. The average molecular weight is 309 g/mol. The third kappa shape index (κ3) is 3.77. The van der Waals surface area contributed by atoms with Crippen molar-refractivity contribution in [2.45, 2.75) is 38.0 Å². The first-order valence-corrected chi connectivity index (χ1v) is 7.87. The number of carbonyl (C=O) groups excluding carboxylic acids is 1. The van der Waals surface area contributed by atoms with Crippen molar-refractivity contribution in [2.24, 2.45) is 0 Å². The Kier molecular flexibility index (Phi) is 5.25. The predicted octanol–water partition coefficient (Wildman–Crippen LogP) is 1.97. The predicted molar refractivity (Wildman–Crippen MR) is 80.9 cm³/mol. The quantitative estimate of drug-likeness (QED) is 0.900. The van der Waals surface area contributed by atoms with Gasteiger partial charge in [0.15, 0.2) is 0 Å². The number of amides is 1. The molecule has 2 rings (SSSR count). The fraction of sp³-hybridized carbons (Fsp3) is 0.467. The molecule has 1 N–H and O–H groups in total. The van der Waals surface area contributed by atoms with E-state index in [-0.39, 0.29) is 11.3 Å². The maximum absolute atomic E-state index is 12.4. The van der Waals surface area contributed by atoms with Crippen LogP contribution in [0.3, 0.4) is 0 Å². The third-order valence-electron chi connectivity index (χ3n) is 3.45. The van der Waals surface area contributed by atoms with Crippen LogP contribution >= 0.6 is 11.8 Å². The van der Waals surface area contributed by atoms with Gasteiger partial charge in [-0.1, -0.05) is 30.3 Å². The van der Waals surface area contributed by atoms with Crippen molar-refractivity contribution in [3.05, 3.63) is 35.9 Å². The molecule has 0 aromatic heterocycles. The van der Waals surface area contributed by atoms with E-state index in [1.807, 2.05) is 37.3 Å². The highest BCUT2D eigenvalue weighted by Crippen LogP contribution is 2.29. The zero-order valence-electron chi connectivity index (χ0n) is 12.1. The van der Waals surface area contributed by atoms with Crippen molar-refractivity contribution in [2.75, 3.05) is 5.75 Å². The number of benzene rings is 1. The Morgan fingerprint density at radius 1 is 1.43 bits per heavy atom. The molecule has 1 heterocycles. The van der Waals surface area contributed by atoms with Crippen LogP contribution in [0.15, 0.2) is 30.3 Å². The van der Waals surface area contributed by atoms with Crippen LogP contribution in [0.4, 0.5) is 0 Å². The molecule has 0 radical (unpaired) electrons. The Morgan fingerprint density at radius 3 is 2.71 bits per heavy atom. The Bertz CT molecular complexity index is 508. The van der Waals surface area contributed by atoms with Crippen LogP contribution in [0.1, 0.15) is 19.4 Å². The Morgan fingerprint density at radius 2 is 2.10 bits per heavy atom. The molecule has 0 saturated carbocycles. The van der Waals surface area contributed by atoms with Gasteiger partial charge >= 0.3 is 5.97 Å². The van der Waals surface area contributed by atoms with E-state index < -0.39 is 18.1 Å². The number of ether oxygens (including phenoxy) is 1. The van der Waals surface area contributed by atoms with E-state index in [4.69, 9.17) is 4.74 Å². The van der Waals surface area contributed by atoms with Crippen LogP contribution in [-0.4, -0.2) is 45.2 Å². The lowest BCUT2D eigenvalue weighted by Gasteiger charge is -2.27. The number of aliphatic carboxylic acids is 1. The minimum absolute atomic E-state index is 0.138. The summed E-state index contributed by atoms with van der Waals surface area (Å²) in [5, 5.41) is 9.05. The van der Waals surface area contributed by atoms with Crippen molar-refractivity contribution in [1.82, 2.24) is 4.90 Å². The Balaban J connectivity index is 1.96. The van der Waals surface area contributed by atoms with Gasteiger partial charge in [0, 0.05) is 5.75 Å². The summed E-state index contributed by atoms with van der Waals surface area (Å²) in [6, 6.07) is 8.81. The fourth-order valence-electron chi connectivity index (χ4n) is 2.24. The van der Waals surface area contributed by atoms with E-state index in [0.717, 1.165) is 5.56 Å². The van der Waals surface area contributed by atoms with Gasteiger partial charge in [-0.25, -0.2) is 4.79 Å². The molecule has 0 aliphatic carbocycles. The van der Waals surface area contributed by atoms with Gasteiger partial charge in [0.05, 0.1) is 12.0 Å². The molecule has 3 atom stereocenters. The molecule has 5 nitrogen and oxygen atoms in total. The number of hydrogen-bond acceptors (Lipinski definition) is 4. The molecule has 0 bridgehead atoms. The first-order chi connectivity index (χ1) is 10.0. The van der Waals surface area contributed by atoms with Gasteiger partial charge in [-0.05, 0) is 19.4 Å². The molecule has 1 aliphatic rings. The summed E-state index contributed by atoms with van der Waals surface area (Å²) in [6.45, 7) is 3.84. The minimum Gasteiger partial charge on any atom is -0.480 e. The van der Waals surface area contributed by atoms with Crippen LogP contribution in [0, 0.1) is 0 Å². The molecular weight excluding hydrogens is 290 g/mol. The highest BCUT2D eigenvalue weighted by atomic mass is 32.2. The van der Waals surface area contributed by atoms with Crippen molar-refractivity contribution in [1.29, 1.82) is 0 Å². The van der Waals surface area contributed by atoms with Crippen molar-refractivity contribution < 1.29 is 19.4 Å². The highest BCUT2D eigenvalue weighted by Gasteiger charge is 2.41. The minimum atomic E-state index is -0.963. The van der Waals surface area contributed by atoms with Gasteiger partial charge < -0.3 is 14.7 Å². The molecule has 0 spiro atoms. The standard InChI is InChI=1S/C15H19NO4S/c1-10(20-8-12-6-4-3-5-7-12)14(17)16-11(2)21-9-13(16)15(18)19/h3-7,10-11,13H,8-9H2,1-2H3,(H,18,19). The van der Waals surface area contributed by atoms with Crippen molar-refractivity contribution in [3.63, 3.8) is 0 Å². The summed E-state index contributed by atoms with van der Waals surface area (Å²) in [7, 11) is 0. The third-order valence-corrected chi connectivity index (χ3v) is 4.67. The van der Waals surface area contributed by atoms with Gasteiger partial charge in [-0.15, -0.1) is 11.8 Å². The van der Waals surface area contributed by atoms with Crippen LogP contribution < -0.4 is 0 Å². The van der Waals surface area contributed by atoms with Crippen molar-refractivity contribution in [3.8, 4) is 0 Å². The van der Waals surface area contributed by atoms with Gasteiger partial charge in [0.2, 0.25) is 0 Å². The number of carbonyl (C=O) groups is 2. The van der Waals surface area contributed by atoms with Gasteiger partial charge in [-0.3, -0.25) is 4.79 Å². The zero-order valence-corrected chi connectivity index (χ0v) is 12.9. The van der Waals surface area contributed by atoms with Crippen LogP contribution in [0.5, 0.6) is 0 Å². The maximum Gasteiger partial charge on any atom is 0.327 e. The Hall–Kier alpha value is -1.53. The van der Waals surface area contributed by atoms with E-state index >= 15 is 0 Å². The first kappa shape index (κ1) is 15.9. The molecule has 21 heavy (non-hydrogen) atoms. The monoisotopic (exact) mass is 309 g/mol. The normalized spacial score (nSPS) is 23.0. The van der Waals surface area contributed by atoms with Crippen molar-refractivity contribution >= 4 is 23.6 Å². The fourth-order valence-corrected chi connectivity index (χ4v) is 3.42.